The number of hydrogen-bond acceptors (Lipinski definition) is 8. The number of aromatic nitrogens is 5. The molecule has 11 nitrogen and oxygen atoms in total. The fraction of sp³-hybridized carbons (Fsp3) is 0.333. The highest BCUT2D eigenvalue weighted by molar-refractivity contribution is 6.01. The zero-order chi connectivity index (χ0) is 27.3. The van der Waals surface area contributed by atoms with Crippen LogP contribution in [0.25, 0.3) is 11.6 Å². The summed E-state index contributed by atoms with van der Waals surface area (Å²) < 4.78 is 11.1. The molecule has 2 amide bonds. The Hall–Kier alpha value is -4.54. The van der Waals surface area contributed by atoms with E-state index in [1.165, 1.54) is 9.70 Å². The third kappa shape index (κ3) is 6.41. The van der Waals surface area contributed by atoms with Gasteiger partial charge in [0.2, 0.25) is 11.7 Å². The van der Waals surface area contributed by atoms with Crippen LogP contribution in [0.15, 0.2) is 65.3 Å². The Morgan fingerprint density at radius 1 is 1.08 bits per heavy atom. The second-order valence-corrected chi connectivity index (χ2v) is 9.67. The number of hydrogen-bond donors (Lipinski definition) is 1. The minimum absolute atomic E-state index is 0.259. The quantitative estimate of drug-likeness (QED) is 0.356. The number of benzene rings is 1. The number of tetrazole rings is 1. The van der Waals surface area contributed by atoms with Crippen molar-refractivity contribution in [2.24, 2.45) is 0 Å². The van der Waals surface area contributed by atoms with Crippen LogP contribution in [0.1, 0.15) is 45.1 Å². The molecule has 0 bridgehead atoms. The predicted molar refractivity (Wildman–Crippen MR) is 140 cm³/mol. The van der Waals surface area contributed by atoms with Crippen molar-refractivity contribution in [3.8, 4) is 17.3 Å². The first-order valence-corrected chi connectivity index (χ1v) is 12.3. The maximum Gasteiger partial charge on any atom is 0.251 e. The van der Waals surface area contributed by atoms with E-state index in [1.54, 1.807) is 60.9 Å². The van der Waals surface area contributed by atoms with E-state index in [0.717, 1.165) is 0 Å². The fourth-order valence-corrected chi connectivity index (χ4v) is 3.87. The molecule has 3 heterocycles. The van der Waals surface area contributed by atoms with Crippen LogP contribution in [-0.4, -0.2) is 49.2 Å². The molecule has 4 rings (SSSR count). The molecule has 1 aromatic carbocycles. The monoisotopic (exact) mass is 517 g/mol. The molecule has 11 heteroatoms. The van der Waals surface area contributed by atoms with E-state index in [4.69, 9.17) is 9.15 Å². The lowest BCUT2D eigenvalue weighted by molar-refractivity contribution is -0.128. The number of rotatable bonds is 9. The van der Waals surface area contributed by atoms with E-state index in [2.05, 4.69) is 25.7 Å². The molecule has 0 fully saturated rings. The predicted octanol–water partition coefficient (Wildman–Crippen LogP) is 3.72. The van der Waals surface area contributed by atoms with Gasteiger partial charge in [0.05, 0.1) is 6.61 Å². The van der Waals surface area contributed by atoms with Gasteiger partial charge in [0, 0.05) is 23.6 Å². The second-order valence-electron chi connectivity index (χ2n) is 9.67. The number of nitrogens with one attached hydrogen (secondary N) is 1. The van der Waals surface area contributed by atoms with E-state index in [9.17, 15) is 9.59 Å². The minimum atomic E-state index is -0.988. The highest BCUT2D eigenvalue weighted by Crippen LogP contribution is 2.30. The zero-order valence-corrected chi connectivity index (χ0v) is 22.1. The third-order valence-corrected chi connectivity index (χ3v) is 5.41. The topological polar surface area (TPSA) is 128 Å². The summed E-state index contributed by atoms with van der Waals surface area (Å²) in [6.07, 6.45) is 3.17. The van der Waals surface area contributed by atoms with Crippen LogP contribution >= 0.6 is 0 Å². The van der Waals surface area contributed by atoms with Crippen LogP contribution in [0.3, 0.4) is 0 Å². The lowest BCUT2D eigenvalue weighted by Crippen LogP contribution is -2.50. The van der Waals surface area contributed by atoms with Crippen LogP contribution in [0, 0.1) is 6.92 Å². The number of anilines is 1. The summed E-state index contributed by atoms with van der Waals surface area (Å²) in [5, 5.41) is 15.4. The molecule has 4 aromatic rings. The minimum Gasteiger partial charge on any atom is -0.494 e. The van der Waals surface area contributed by atoms with Crippen molar-refractivity contribution in [3.05, 3.63) is 72.2 Å². The molecule has 0 aliphatic rings. The standard InChI is InChI=1S/C27H31N7O4/c1-6-37-21-10-8-20(9-11-21)34(24(19-13-15-28-16-14-19)26(36)29-27(3,4)5)23(35)17-33-31-25(30-32-33)22-12-7-18(2)38-22/h7-16,24H,6,17H2,1-5H3,(H,29,36)/t24-/m1/s1. The van der Waals surface area contributed by atoms with E-state index >= 15 is 0 Å². The number of carbonyl (C=O) groups excluding carboxylic acids is 2. The molecule has 198 valence electrons. The van der Waals surface area contributed by atoms with Gasteiger partial charge in [-0.1, -0.05) is 0 Å². The van der Waals surface area contributed by atoms with Crippen molar-refractivity contribution in [2.45, 2.75) is 52.7 Å². The first kappa shape index (κ1) is 26.5. The summed E-state index contributed by atoms with van der Waals surface area (Å²) in [5.74, 6) is 1.31. The molecule has 3 aromatic heterocycles. The van der Waals surface area contributed by atoms with Crippen LogP contribution in [0.4, 0.5) is 5.69 Å². The number of ether oxygens (including phenoxy) is 1. The molecule has 0 aliphatic heterocycles. The lowest BCUT2D eigenvalue weighted by atomic mass is 10.0. The molecule has 0 spiro atoms. The maximum absolute atomic E-state index is 13.9. The molecule has 0 saturated carbocycles. The average Bonchev–Trinajstić information content (AvgIpc) is 3.51. The number of furan rings is 1. The molecule has 1 N–H and O–H groups in total. The van der Waals surface area contributed by atoms with Gasteiger partial charge in [-0.25, -0.2) is 0 Å². The Morgan fingerprint density at radius 2 is 1.79 bits per heavy atom. The van der Waals surface area contributed by atoms with Crippen LogP contribution in [0.2, 0.25) is 0 Å². The summed E-state index contributed by atoms with van der Waals surface area (Å²) in [6, 6.07) is 13.0. The Balaban J connectivity index is 1.73. The molecule has 0 saturated heterocycles. The van der Waals surface area contributed by atoms with Crippen molar-refractivity contribution >= 4 is 17.5 Å². The van der Waals surface area contributed by atoms with Crippen molar-refractivity contribution in [1.29, 1.82) is 0 Å². The SMILES string of the molecule is CCOc1ccc(N(C(=O)Cn2nnc(-c3ccc(C)o3)n2)[C@@H](C(=O)NC(C)(C)C)c2ccncc2)cc1. The van der Waals surface area contributed by atoms with Crippen molar-refractivity contribution in [2.75, 3.05) is 11.5 Å². The maximum atomic E-state index is 13.9. The fourth-order valence-electron chi connectivity index (χ4n) is 3.87. The van der Waals surface area contributed by atoms with Gasteiger partial charge in [-0.3, -0.25) is 19.5 Å². The normalized spacial score (nSPS) is 12.1. The third-order valence-electron chi connectivity index (χ3n) is 5.41. The number of nitrogens with zero attached hydrogens (tertiary/aromatic N) is 6. The number of aryl methyl sites for hydroxylation is 1. The summed E-state index contributed by atoms with van der Waals surface area (Å²) in [7, 11) is 0. The van der Waals surface area contributed by atoms with Gasteiger partial charge >= 0.3 is 0 Å². The highest BCUT2D eigenvalue weighted by atomic mass is 16.5. The molecule has 0 unspecified atom stereocenters. The van der Waals surface area contributed by atoms with E-state index in [0.29, 0.717) is 35.1 Å². The van der Waals surface area contributed by atoms with E-state index in [-0.39, 0.29) is 18.3 Å². The molecular weight excluding hydrogens is 486 g/mol. The number of pyridine rings is 1. The van der Waals surface area contributed by atoms with Gasteiger partial charge in [-0.05, 0) is 93.9 Å². The zero-order valence-electron chi connectivity index (χ0n) is 22.1. The molecule has 0 radical (unpaired) electrons. The molecular formula is C27H31N7O4. The largest absolute Gasteiger partial charge is 0.494 e. The van der Waals surface area contributed by atoms with Gasteiger partial charge in [0.25, 0.3) is 5.91 Å². The first-order chi connectivity index (χ1) is 18.1. The number of carbonyl (C=O) groups is 2. The summed E-state index contributed by atoms with van der Waals surface area (Å²) in [4.78, 5) is 34.3. The summed E-state index contributed by atoms with van der Waals surface area (Å²) in [6.45, 7) is 9.60. The smallest absolute Gasteiger partial charge is 0.251 e. The van der Waals surface area contributed by atoms with Crippen LogP contribution in [0.5, 0.6) is 5.75 Å². The van der Waals surface area contributed by atoms with E-state index in [1.807, 2.05) is 34.6 Å². The molecule has 1 atom stereocenters. The van der Waals surface area contributed by atoms with Gasteiger partial charge in [-0.15, -0.1) is 10.2 Å². The van der Waals surface area contributed by atoms with Crippen molar-refractivity contribution < 1.29 is 18.7 Å². The van der Waals surface area contributed by atoms with E-state index < -0.39 is 17.5 Å². The summed E-state index contributed by atoms with van der Waals surface area (Å²) in [5.41, 5.74) is 0.577. The summed E-state index contributed by atoms with van der Waals surface area (Å²) >= 11 is 0. The molecule has 0 aliphatic carbocycles. The van der Waals surface area contributed by atoms with Gasteiger partial charge in [-0.2, -0.15) is 4.80 Å². The number of amides is 2. The second kappa shape index (κ2) is 11.2. The lowest BCUT2D eigenvalue weighted by Gasteiger charge is -2.33. The Labute approximate surface area is 220 Å². The Kier molecular flexibility index (Phi) is 7.85. The van der Waals surface area contributed by atoms with Gasteiger partial charge in [0.15, 0.2) is 5.76 Å². The van der Waals surface area contributed by atoms with Crippen LogP contribution in [-0.2, 0) is 16.1 Å². The molecule has 38 heavy (non-hydrogen) atoms. The van der Waals surface area contributed by atoms with Gasteiger partial charge < -0.3 is 14.5 Å². The Bertz CT molecular complexity index is 1370. The average molecular weight is 518 g/mol. The highest BCUT2D eigenvalue weighted by Gasteiger charge is 2.35. The first-order valence-electron chi connectivity index (χ1n) is 12.3. The van der Waals surface area contributed by atoms with Crippen LogP contribution < -0.4 is 15.0 Å². The Morgan fingerprint density at radius 3 is 2.39 bits per heavy atom. The van der Waals surface area contributed by atoms with Crippen molar-refractivity contribution in [1.82, 2.24) is 30.5 Å². The van der Waals surface area contributed by atoms with Crippen molar-refractivity contribution in [3.63, 3.8) is 0 Å². The van der Waals surface area contributed by atoms with Gasteiger partial charge in [0.1, 0.15) is 24.1 Å².